The molecule has 1 aromatic heterocycles. The molecule has 0 unspecified atom stereocenters. The highest BCUT2D eigenvalue weighted by molar-refractivity contribution is 6.30. The van der Waals surface area contributed by atoms with Crippen LogP contribution in [0.2, 0.25) is 5.02 Å². The van der Waals surface area contributed by atoms with Crippen molar-refractivity contribution in [2.24, 2.45) is 0 Å². The zero-order chi connectivity index (χ0) is 17.9. The van der Waals surface area contributed by atoms with Crippen molar-refractivity contribution in [3.05, 3.63) is 58.4 Å². The summed E-state index contributed by atoms with van der Waals surface area (Å²) in [5.74, 6) is -0.268. The van der Waals surface area contributed by atoms with Crippen molar-refractivity contribution in [3.8, 4) is 6.07 Å². The predicted molar refractivity (Wildman–Crippen MR) is 89.4 cm³/mol. The lowest BCUT2D eigenvalue weighted by atomic mass is 9.78. The van der Waals surface area contributed by atoms with Crippen LogP contribution in [0.1, 0.15) is 35.5 Å². The molecule has 0 bridgehead atoms. The molecule has 0 aliphatic rings. The van der Waals surface area contributed by atoms with Crippen molar-refractivity contribution in [2.75, 3.05) is 5.32 Å². The van der Waals surface area contributed by atoms with Crippen LogP contribution in [-0.4, -0.2) is 22.0 Å². The van der Waals surface area contributed by atoms with Gasteiger partial charge in [0.25, 0.3) is 0 Å². The molecule has 0 aliphatic heterocycles. The van der Waals surface area contributed by atoms with Crippen molar-refractivity contribution in [2.45, 2.75) is 19.3 Å². The zero-order valence-corrected chi connectivity index (χ0v) is 13.8. The van der Waals surface area contributed by atoms with Crippen LogP contribution in [0.15, 0.2) is 36.5 Å². The summed E-state index contributed by atoms with van der Waals surface area (Å²) in [5.41, 5.74) is 0.477. The molecule has 24 heavy (non-hydrogen) atoms. The Morgan fingerprint density at radius 3 is 2.54 bits per heavy atom. The van der Waals surface area contributed by atoms with Crippen LogP contribution in [0, 0.1) is 11.3 Å². The van der Waals surface area contributed by atoms with E-state index in [2.05, 4.69) is 10.3 Å². The minimum absolute atomic E-state index is 0.189. The van der Waals surface area contributed by atoms with Crippen LogP contribution in [0.5, 0.6) is 0 Å². The Morgan fingerprint density at radius 1 is 1.29 bits per heavy atom. The van der Waals surface area contributed by atoms with Gasteiger partial charge in [0.1, 0.15) is 5.69 Å². The second kappa shape index (κ2) is 6.69. The summed E-state index contributed by atoms with van der Waals surface area (Å²) < 4.78 is 0. The highest BCUT2D eigenvalue weighted by atomic mass is 35.5. The number of amides is 1. The van der Waals surface area contributed by atoms with Crippen molar-refractivity contribution in [1.29, 1.82) is 5.26 Å². The average Bonchev–Trinajstić information content (AvgIpc) is 2.53. The van der Waals surface area contributed by atoms with E-state index < -0.39 is 11.5 Å². The van der Waals surface area contributed by atoms with E-state index >= 15 is 0 Å². The molecule has 1 heterocycles. The molecule has 122 valence electrons. The van der Waals surface area contributed by atoms with Crippen LogP contribution in [0.4, 0.5) is 10.5 Å². The summed E-state index contributed by atoms with van der Waals surface area (Å²) in [7, 11) is 0. The van der Waals surface area contributed by atoms with Gasteiger partial charge >= 0.3 is 6.09 Å². The number of nitrogens with one attached hydrogen (secondary N) is 1. The van der Waals surface area contributed by atoms with Crippen molar-refractivity contribution >= 4 is 29.2 Å². The van der Waals surface area contributed by atoms with Gasteiger partial charge in [-0.1, -0.05) is 11.6 Å². The lowest BCUT2D eigenvalue weighted by Crippen LogP contribution is -2.30. The number of rotatable bonds is 4. The SMILES string of the molecule is CC(C)(C(=O)c1ccc(NC(=O)O)cn1)c1cc(Cl)cc(C#N)c1. The van der Waals surface area contributed by atoms with Gasteiger partial charge in [-0.25, -0.2) is 4.79 Å². The molecule has 6 nitrogen and oxygen atoms in total. The van der Waals surface area contributed by atoms with E-state index in [0.29, 0.717) is 16.1 Å². The number of carboxylic acid groups (broad SMARTS) is 1. The third-order valence-corrected chi connectivity index (χ3v) is 3.78. The Hall–Kier alpha value is -2.91. The van der Waals surface area contributed by atoms with Gasteiger partial charge < -0.3 is 5.11 Å². The van der Waals surface area contributed by atoms with E-state index in [4.69, 9.17) is 22.0 Å². The number of nitriles is 1. The minimum atomic E-state index is -1.21. The molecule has 2 N–H and O–H groups in total. The standard InChI is InChI=1S/C17H14ClN3O3/c1-17(2,11-5-10(8-19)6-12(18)7-11)15(22)14-4-3-13(9-20-14)21-16(23)24/h3-7,9,21H,1-2H3,(H,23,24). The molecule has 1 aromatic carbocycles. The number of ketones is 1. The molecule has 0 spiro atoms. The highest BCUT2D eigenvalue weighted by Crippen LogP contribution is 2.30. The van der Waals surface area contributed by atoms with E-state index in [9.17, 15) is 9.59 Å². The normalized spacial score (nSPS) is 10.8. The van der Waals surface area contributed by atoms with Crippen LogP contribution >= 0.6 is 11.6 Å². The van der Waals surface area contributed by atoms with Crippen molar-refractivity contribution < 1.29 is 14.7 Å². The second-order valence-corrected chi connectivity index (χ2v) is 6.09. The fourth-order valence-corrected chi connectivity index (χ4v) is 2.43. The molecule has 0 fully saturated rings. The Morgan fingerprint density at radius 2 is 2.00 bits per heavy atom. The summed E-state index contributed by atoms with van der Waals surface area (Å²) in [5, 5.41) is 20.2. The van der Waals surface area contributed by atoms with E-state index in [1.165, 1.54) is 24.4 Å². The number of aromatic nitrogens is 1. The molecule has 7 heteroatoms. The third-order valence-electron chi connectivity index (χ3n) is 3.56. The van der Waals surface area contributed by atoms with Gasteiger partial charge in [-0.05, 0) is 49.7 Å². The van der Waals surface area contributed by atoms with Gasteiger partial charge in [0.15, 0.2) is 5.78 Å². The fourth-order valence-electron chi connectivity index (χ4n) is 2.19. The molecule has 0 saturated carbocycles. The lowest BCUT2D eigenvalue weighted by Gasteiger charge is -2.24. The first-order valence-corrected chi connectivity index (χ1v) is 7.34. The molecule has 2 rings (SSSR count). The van der Waals surface area contributed by atoms with Gasteiger partial charge in [-0.2, -0.15) is 5.26 Å². The Bertz CT molecular complexity index is 839. The van der Waals surface area contributed by atoms with Crippen LogP contribution < -0.4 is 5.32 Å². The molecule has 0 aliphatic carbocycles. The van der Waals surface area contributed by atoms with Crippen LogP contribution in [0.3, 0.4) is 0 Å². The van der Waals surface area contributed by atoms with E-state index in [1.54, 1.807) is 26.0 Å². The molecular weight excluding hydrogens is 330 g/mol. The maximum Gasteiger partial charge on any atom is 0.409 e. The van der Waals surface area contributed by atoms with E-state index in [1.807, 2.05) is 6.07 Å². The number of pyridine rings is 1. The first kappa shape index (κ1) is 17.4. The molecule has 0 radical (unpaired) electrons. The zero-order valence-electron chi connectivity index (χ0n) is 13.0. The molecule has 0 saturated heterocycles. The molecular formula is C17H14ClN3O3. The number of halogens is 1. The average molecular weight is 344 g/mol. The maximum absolute atomic E-state index is 12.8. The first-order chi connectivity index (χ1) is 11.2. The molecule has 1 amide bonds. The number of hydrogen-bond donors (Lipinski definition) is 2. The first-order valence-electron chi connectivity index (χ1n) is 6.96. The Kier molecular flexibility index (Phi) is 4.86. The van der Waals surface area contributed by atoms with Crippen LogP contribution in [0.25, 0.3) is 0 Å². The van der Waals surface area contributed by atoms with E-state index in [-0.39, 0.29) is 17.2 Å². The topological polar surface area (TPSA) is 103 Å². The Labute approximate surface area is 143 Å². The largest absolute Gasteiger partial charge is 0.465 e. The third kappa shape index (κ3) is 3.70. The van der Waals surface area contributed by atoms with Gasteiger partial charge in [-0.3, -0.25) is 15.1 Å². The number of carbonyl (C=O) groups is 2. The van der Waals surface area contributed by atoms with Crippen LogP contribution in [-0.2, 0) is 5.41 Å². The summed E-state index contributed by atoms with van der Waals surface area (Å²) in [6.45, 7) is 3.43. The maximum atomic E-state index is 12.8. The second-order valence-electron chi connectivity index (χ2n) is 5.66. The smallest absolute Gasteiger partial charge is 0.409 e. The van der Waals surface area contributed by atoms with Gasteiger partial charge in [0.05, 0.1) is 28.9 Å². The number of benzene rings is 1. The lowest BCUT2D eigenvalue weighted by molar-refractivity contribution is 0.0903. The number of Topliss-reactive ketones (excluding diaryl/α,β-unsaturated/α-hetero) is 1. The monoisotopic (exact) mass is 343 g/mol. The summed E-state index contributed by atoms with van der Waals surface area (Å²) in [6.07, 6.45) is 0.0648. The fraction of sp³-hybridized carbons (Fsp3) is 0.176. The predicted octanol–water partition coefficient (Wildman–Crippen LogP) is 3.86. The number of nitrogens with zero attached hydrogens (tertiary/aromatic N) is 2. The summed E-state index contributed by atoms with van der Waals surface area (Å²) in [4.78, 5) is 27.4. The molecule has 2 aromatic rings. The number of anilines is 1. The molecule has 0 atom stereocenters. The Balaban J connectivity index is 2.35. The van der Waals surface area contributed by atoms with Gasteiger partial charge in [0.2, 0.25) is 0 Å². The summed E-state index contributed by atoms with van der Waals surface area (Å²) >= 11 is 6.01. The van der Waals surface area contributed by atoms with Crippen molar-refractivity contribution in [1.82, 2.24) is 4.98 Å². The highest BCUT2D eigenvalue weighted by Gasteiger charge is 2.32. The van der Waals surface area contributed by atoms with Gasteiger partial charge in [-0.15, -0.1) is 0 Å². The van der Waals surface area contributed by atoms with E-state index in [0.717, 1.165) is 0 Å². The van der Waals surface area contributed by atoms with Gasteiger partial charge in [0, 0.05) is 5.02 Å². The summed E-state index contributed by atoms with van der Waals surface area (Å²) in [6, 6.07) is 9.70. The number of hydrogen-bond acceptors (Lipinski definition) is 4. The van der Waals surface area contributed by atoms with Crippen molar-refractivity contribution in [3.63, 3.8) is 0 Å². The number of carbonyl (C=O) groups excluding carboxylic acids is 1. The quantitative estimate of drug-likeness (QED) is 0.820. The minimum Gasteiger partial charge on any atom is -0.465 e.